The molecule has 0 N–H and O–H groups in total. The average molecular weight is 108 g/mol. The van der Waals surface area contributed by atoms with Crippen molar-refractivity contribution in [2.45, 2.75) is 12.8 Å². The van der Waals surface area contributed by atoms with Crippen LogP contribution in [0.1, 0.15) is 15.5 Å². The Kier molecular flexibility index (Phi) is 1.34. The van der Waals surface area contributed by atoms with Gasteiger partial charge in [0.15, 0.2) is 0 Å². The summed E-state index contributed by atoms with van der Waals surface area (Å²) < 4.78 is 14.6. The fourth-order valence-electron chi connectivity index (χ4n) is 0.513. The number of rotatable bonds is 0. The Balaban J connectivity index is 2.70. The van der Waals surface area contributed by atoms with Crippen molar-refractivity contribution in [3.63, 3.8) is 0 Å². The molecule has 1 aliphatic carbocycles. The van der Waals surface area contributed by atoms with Gasteiger partial charge in [0.25, 0.3) is 0 Å². The van der Waals surface area contributed by atoms with Crippen LogP contribution in [0.25, 0.3) is 0 Å². The Bertz CT molecular complexity index is 160. The lowest BCUT2D eigenvalue weighted by atomic mass is 10.2. The first kappa shape index (κ1) is 3.29. The first-order valence-electron chi connectivity index (χ1n) is 3.82. The van der Waals surface area contributed by atoms with E-state index in [4.69, 9.17) is 2.74 Å². The van der Waals surface area contributed by atoms with E-state index in [1.165, 1.54) is 0 Å². The van der Waals surface area contributed by atoms with Crippen molar-refractivity contribution in [2.24, 2.45) is 0 Å². The second kappa shape index (κ2) is 3.25. The van der Waals surface area contributed by atoms with Crippen molar-refractivity contribution in [1.29, 1.82) is 0 Å². The molecule has 0 saturated carbocycles. The molecule has 8 heavy (non-hydrogen) atoms. The molecule has 2 unspecified atom stereocenters. The lowest BCUT2D eigenvalue weighted by Gasteiger charge is -1.85. The zero-order chi connectivity index (χ0) is 7.40. The summed E-state index contributed by atoms with van der Waals surface area (Å²) in [6, 6.07) is 0. The van der Waals surface area contributed by atoms with Gasteiger partial charge in [0.1, 0.15) is 0 Å². The first-order chi connectivity index (χ1) is 4.79. The summed E-state index contributed by atoms with van der Waals surface area (Å²) in [5.41, 5.74) is 0. The van der Waals surface area contributed by atoms with Crippen LogP contribution in [0, 0.1) is 0 Å². The van der Waals surface area contributed by atoms with Gasteiger partial charge in [-0.15, -0.1) is 0 Å². The topological polar surface area (TPSA) is 0 Å². The molecule has 2 atom stereocenters. The van der Waals surface area contributed by atoms with E-state index in [2.05, 4.69) is 0 Å². The fraction of sp³-hybridized carbons (Fsp3) is 0.250. The summed E-state index contributed by atoms with van der Waals surface area (Å²) in [4.78, 5) is 0. The van der Waals surface area contributed by atoms with Crippen LogP contribution in [0.5, 0.6) is 0 Å². The third-order valence-electron chi connectivity index (χ3n) is 0.889. The maximum Gasteiger partial charge on any atom is 0.0353 e. The molecule has 1 rings (SSSR count). The van der Waals surface area contributed by atoms with Gasteiger partial charge in [0, 0.05) is 2.74 Å². The van der Waals surface area contributed by atoms with E-state index in [0.29, 0.717) is 0 Å². The lowest BCUT2D eigenvalue weighted by molar-refractivity contribution is 1.29. The highest BCUT2D eigenvalue weighted by Crippen LogP contribution is 1.95. The van der Waals surface area contributed by atoms with E-state index >= 15 is 0 Å². The van der Waals surface area contributed by atoms with Gasteiger partial charge < -0.3 is 0 Å². The summed E-state index contributed by atoms with van der Waals surface area (Å²) in [7, 11) is 0. The molecule has 0 radical (unpaired) electrons. The van der Waals surface area contributed by atoms with Gasteiger partial charge >= 0.3 is 0 Å². The summed E-state index contributed by atoms with van der Waals surface area (Å²) in [5.74, 6) is 0. The molecule has 1 aliphatic rings. The van der Waals surface area contributed by atoms with E-state index < -0.39 is 0 Å². The van der Waals surface area contributed by atoms with Crippen molar-refractivity contribution in [3.05, 3.63) is 36.5 Å². The molecule has 0 fully saturated rings. The summed E-state index contributed by atoms with van der Waals surface area (Å²) >= 11 is 0. The third-order valence-corrected chi connectivity index (χ3v) is 0.889. The van der Waals surface area contributed by atoms with Crippen LogP contribution >= 0.6 is 0 Å². The minimum Gasteiger partial charge on any atom is -0.0844 e. The van der Waals surface area contributed by atoms with Gasteiger partial charge in [-0.1, -0.05) is 36.5 Å². The highest BCUT2D eigenvalue weighted by molar-refractivity contribution is 5.09. The van der Waals surface area contributed by atoms with E-state index in [-0.39, 0.29) is 12.8 Å². The van der Waals surface area contributed by atoms with Crippen molar-refractivity contribution < 1.29 is 2.74 Å². The van der Waals surface area contributed by atoms with Gasteiger partial charge in [-0.25, -0.2) is 0 Å². The Hall–Kier alpha value is -0.780. The molecule has 0 amide bonds. The molecule has 42 valence electrons. The monoisotopic (exact) mass is 108 g/mol. The number of hydrogen-bond donors (Lipinski definition) is 0. The molecular weight excluding hydrogens is 96.1 g/mol. The molecule has 0 heteroatoms. The van der Waals surface area contributed by atoms with Gasteiger partial charge in [0.2, 0.25) is 0 Å². The molecule has 0 spiro atoms. The van der Waals surface area contributed by atoms with Crippen LogP contribution in [-0.2, 0) is 0 Å². The van der Waals surface area contributed by atoms with Gasteiger partial charge in [-0.05, 0) is 12.8 Å². The zero-order valence-electron chi connectivity index (χ0n) is 6.62. The molecule has 0 heterocycles. The largest absolute Gasteiger partial charge is 0.0844 e. The lowest BCUT2D eigenvalue weighted by Crippen LogP contribution is -1.64. The van der Waals surface area contributed by atoms with Gasteiger partial charge in [-0.3, -0.25) is 0 Å². The Morgan fingerprint density at radius 3 is 1.88 bits per heavy atom. The van der Waals surface area contributed by atoms with Crippen LogP contribution in [-0.4, -0.2) is 0 Å². The Labute approximate surface area is 53.0 Å². The number of hydrogen-bond acceptors (Lipinski definition) is 0. The normalized spacial score (nSPS) is 52.0. The minimum atomic E-state index is -0.280. The maximum absolute atomic E-state index is 7.31. The Morgan fingerprint density at radius 2 is 1.38 bits per heavy atom. The van der Waals surface area contributed by atoms with Gasteiger partial charge in [-0.2, -0.15) is 0 Å². The second-order valence-electron chi connectivity index (χ2n) is 1.54. The highest BCUT2D eigenvalue weighted by atomic mass is 13.8. The highest BCUT2D eigenvalue weighted by Gasteiger charge is 1.74. The molecule has 0 aromatic carbocycles. The summed E-state index contributed by atoms with van der Waals surface area (Å²) in [5, 5.41) is 0. The van der Waals surface area contributed by atoms with Crippen molar-refractivity contribution in [3.8, 4) is 0 Å². The van der Waals surface area contributed by atoms with E-state index in [1.807, 2.05) is 12.2 Å². The predicted octanol–water partition coefficient (Wildman–Crippen LogP) is 2.45. The van der Waals surface area contributed by atoms with Crippen LogP contribution < -0.4 is 0 Å². The molecule has 0 nitrogen and oxygen atoms in total. The van der Waals surface area contributed by atoms with Crippen LogP contribution in [0.3, 0.4) is 0 Å². The predicted molar refractivity (Wildman–Crippen MR) is 36.7 cm³/mol. The van der Waals surface area contributed by atoms with Crippen LogP contribution in [0.2, 0.25) is 0 Å². The zero-order valence-corrected chi connectivity index (χ0v) is 4.62. The molecule has 0 bridgehead atoms. The summed E-state index contributed by atoms with van der Waals surface area (Å²) in [6.45, 7) is 0. The molecule has 0 aromatic heterocycles. The van der Waals surface area contributed by atoms with Crippen LogP contribution in [0.15, 0.2) is 36.5 Å². The molecular formula is C8H10. The molecule has 0 saturated heterocycles. The summed E-state index contributed by atoms with van der Waals surface area (Å²) in [6.07, 6.45) is 10.0. The van der Waals surface area contributed by atoms with Gasteiger partial charge in [0.05, 0.1) is 0 Å². The van der Waals surface area contributed by atoms with E-state index in [1.54, 1.807) is 24.3 Å². The molecule has 0 aromatic rings. The minimum absolute atomic E-state index is 0.280. The second-order valence-corrected chi connectivity index (χ2v) is 1.54. The number of allylic oxidation sites excluding steroid dienone is 6. The SMILES string of the molecule is [2H]C1/C=C\C=C/C([2H])/C=C\1. The molecule has 0 aliphatic heterocycles. The van der Waals surface area contributed by atoms with Crippen molar-refractivity contribution in [1.82, 2.24) is 0 Å². The van der Waals surface area contributed by atoms with Crippen LogP contribution in [0.4, 0.5) is 0 Å². The fourth-order valence-corrected chi connectivity index (χ4v) is 0.513. The third kappa shape index (κ3) is 1.78. The van der Waals surface area contributed by atoms with E-state index in [0.717, 1.165) is 0 Å². The average Bonchev–Trinajstić information content (AvgIpc) is 1.90. The smallest absolute Gasteiger partial charge is 0.0353 e. The standard InChI is InChI=1S/C8H10/c1-2-4-6-8-7-5-3-1/h1-4,7-8H,5-6H2/b3-1-,4-2-,8-7-/i5D,6D. The Morgan fingerprint density at radius 1 is 0.875 bits per heavy atom. The van der Waals surface area contributed by atoms with Crippen molar-refractivity contribution >= 4 is 0 Å². The quantitative estimate of drug-likeness (QED) is 0.418. The first-order valence-corrected chi connectivity index (χ1v) is 2.67. The maximum atomic E-state index is 7.31. The van der Waals surface area contributed by atoms with E-state index in [9.17, 15) is 0 Å². The van der Waals surface area contributed by atoms with Crippen molar-refractivity contribution in [2.75, 3.05) is 0 Å².